The van der Waals surface area contributed by atoms with Crippen LogP contribution in [-0.2, 0) is 4.79 Å². The Labute approximate surface area is 204 Å². The third kappa shape index (κ3) is 5.15. The third-order valence-corrected chi connectivity index (χ3v) is 6.30. The average molecular weight is 466 g/mol. The van der Waals surface area contributed by atoms with Gasteiger partial charge < -0.3 is 15.1 Å². The largest absolute Gasteiger partial charge is 0.369 e. The minimum absolute atomic E-state index is 0.390. The number of nitrogens with one attached hydrogen (secondary N) is 2. The normalized spacial score (nSPS) is 17.5. The Hall–Kier alpha value is -4.23. The first kappa shape index (κ1) is 22.6. The molecular weight excluding hydrogens is 438 g/mol. The van der Waals surface area contributed by atoms with Crippen LogP contribution in [0.1, 0.15) is 27.2 Å². The van der Waals surface area contributed by atoms with Gasteiger partial charge in [0.05, 0.1) is 11.3 Å². The molecule has 176 valence electrons. The van der Waals surface area contributed by atoms with Gasteiger partial charge in [-0.05, 0) is 67.2 Å². The summed E-state index contributed by atoms with van der Waals surface area (Å²) in [5.41, 5.74) is 5.24. The summed E-state index contributed by atoms with van der Waals surface area (Å²) >= 11 is 0. The van der Waals surface area contributed by atoms with Gasteiger partial charge in [0, 0.05) is 61.1 Å². The molecule has 7 heteroatoms. The predicted octanol–water partition coefficient (Wildman–Crippen LogP) is 3.73. The molecule has 2 aliphatic rings. The van der Waals surface area contributed by atoms with Gasteiger partial charge in [-0.15, -0.1) is 0 Å². The lowest BCUT2D eigenvalue weighted by atomic mass is 9.93. The molecule has 0 saturated carbocycles. The average Bonchev–Trinajstić information content (AvgIpc) is 2.89. The van der Waals surface area contributed by atoms with E-state index in [2.05, 4.69) is 44.6 Å². The van der Waals surface area contributed by atoms with Gasteiger partial charge in [0.15, 0.2) is 0 Å². The van der Waals surface area contributed by atoms with Gasteiger partial charge in [0.2, 0.25) is 0 Å². The topological polar surface area (TPSA) is 77.6 Å². The number of nitrogens with zero attached hydrogens (tertiary/aromatic N) is 3. The lowest BCUT2D eigenvalue weighted by molar-refractivity contribution is -0.114. The van der Waals surface area contributed by atoms with Crippen LogP contribution in [0.4, 0.5) is 11.4 Å². The van der Waals surface area contributed by atoms with Gasteiger partial charge in [0.25, 0.3) is 11.8 Å². The molecule has 1 saturated heterocycles. The fourth-order valence-electron chi connectivity index (χ4n) is 4.23. The van der Waals surface area contributed by atoms with Gasteiger partial charge in [-0.25, -0.2) is 0 Å². The Kier molecular flexibility index (Phi) is 6.41. The van der Waals surface area contributed by atoms with Crippen molar-refractivity contribution in [2.45, 2.75) is 0 Å². The zero-order valence-corrected chi connectivity index (χ0v) is 19.6. The van der Waals surface area contributed by atoms with Gasteiger partial charge in [0.1, 0.15) is 0 Å². The molecule has 1 aromatic heterocycles. The van der Waals surface area contributed by atoms with Gasteiger partial charge in [-0.2, -0.15) is 0 Å². The summed E-state index contributed by atoms with van der Waals surface area (Å²) in [7, 11) is 2.14. The second kappa shape index (κ2) is 9.95. The highest BCUT2D eigenvalue weighted by molar-refractivity contribution is 6.31. The molecule has 0 radical (unpaired) electrons. The summed E-state index contributed by atoms with van der Waals surface area (Å²) in [6, 6.07) is 19.3. The number of pyridine rings is 1. The molecule has 0 unspecified atom stereocenters. The van der Waals surface area contributed by atoms with E-state index in [1.807, 2.05) is 54.6 Å². The molecular formula is C28H27N5O2. The molecule has 35 heavy (non-hydrogen) atoms. The Morgan fingerprint density at radius 3 is 2.43 bits per heavy atom. The fraction of sp³-hybridized carbons (Fsp3) is 0.179. The minimum atomic E-state index is -0.421. The summed E-state index contributed by atoms with van der Waals surface area (Å²) in [5, 5.41) is 5.66. The number of hydrogen-bond donors (Lipinski definition) is 2. The van der Waals surface area contributed by atoms with Crippen molar-refractivity contribution in [2.75, 3.05) is 43.4 Å². The second-order valence-electron chi connectivity index (χ2n) is 8.72. The molecule has 7 nitrogen and oxygen atoms in total. The monoisotopic (exact) mass is 465 g/mol. The molecule has 0 bridgehead atoms. The number of benzene rings is 2. The van der Waals surface area contributed by atoms with E-state index >= 15 is 0 Å². The van der Waals surface area contributed by atoms with Crippen molar-refractivity contribution < 1.29 is 9.59 Å². The number of rotatable bonds is 5. The quantitative estimate of drug-likeness (QED) is 0.442. The molecule has 0 spiro atoms. The van der Waals surface area contributed by atoms with E-state index in [0.29, 0.717) is 16.7 Å². The summed E-state index contributed by atoms with van der Waals surface area (Å²) in [6.07, 6.45) is 7.22. The van der Waals surface area contributed by atoms with Gasteiger partial charge in [-0.3, -0.25) is 19.9 Å². The summed E-state index contributed by atoms with van der Waals surface area (Å²) in [4.78, 5) is 34.1. The molecule has 2 aliphatic heterocycles. The number of likely N-dealkylation sites (N-methyl/N-ethyl adjacent to an activating group) is 1. The van der Waals surface area contributed by atoms with Crippen LogP contribution in [0.5, 0.6) is 0 Å². The number of fused-ring (bicyclic) bond motifs is 1. The van der Waals surface area contributed by atoms with Crippen molar-refractivity contribution in [2.24, 2.45) is 0 Å². The van der Waals surface area contributed by atoms with Crippen LogP contribution in [0, 0.1) is 0 Å². The van der Waals surface area contributed by atoms with Crippen molar-refractivity contribution in [3.63, 3.8) is 0 Å². The first-order valence-corrected chi connectivity index (χ1v) is 11.7. The van der Waals surface area contributed by atoms with Crippen molar-refractivity contribution in [3.05, 3.63) is 95.4 Å². The minimum Gasteiger partial charge on any atom is -0.369 e. The van der Waals surface area contributed by atoms with Crippen LogP contribution in [0.3, 0.4) is 0 Å². The van der Waals surface area contributed by atoms with Crippen molar-refractivity contribution in [3.8, 4) is 0 Å². The van der Waals surface area contributed by atoms with Crippen LogP contribution in [0.2, 0.25) is 0 Å². The number of aromatic nitrogens is 1. The van der Waals surface area contributed by atoms with Crippen molar-refractivity contribution in [1.82, 2.24) is 15.2 Å². The fourth-order valence-corrected chi connectivity index (χ4v) is 4.23. The first-order valence-electron chi connectivity index (χ1n) is 11.7. The number of anilines is 2. The molecule has 2 amide bonds. The zero-order valence-electron chi connectivity index (χ0n) is 19.6. The maximum absolute atomic E-state index is 12.7. The van der Waals surface area contributed by atoms with E-state index in [9.17, 15) is 9.59 Å². The number of amides is 2. The van der Waals surface area contributed by atoms with Gasteiger partial charge in [-0.1, -0.05) is 18.2 Å². The van der Waals surface area contributed by atoms with Crippen LogP contribution in [0.15, 0.2) is 73.1 Å². The Morgan fingerprint density at radius 1 is 0.886 bits per heavy atom. The Morgan fingerprint density at radius 2 is 1.69 bits per heavy atom. The highest BCUT2D eigenvalue weighted by Crippen LogP contribution is 2.27. The van der Waals surface area contributed by atoms with E-state index < -0.39 is 5.91 Å². The molecule has 2 aromatic carbocycles. The van der Waals surface area contributed by atoms with Crippen molar-refractivity contribution in [1.29, 1.82) is 0 Å². The highest BCUT2D eigenvalue weighted by Gasteiger charge is 2.27. The van der Waals surface area contributed by atoms with Gasteiger partial charge >= 0.3 is 0 Å². The molecule has 3 heterocycles. The second-order valence-corrected chi connectivity index (χ2v) is 8.72. The zero-order chi connectivity index (χ0) is 24.2. The summed E-state index contributed by atoms with van der Waals surface area (Å²) < 4.78 is 0. The molecule has 0 aliphatic carbocycles. The lowest BCUT2D eigenvalue weighted by Gasteiger charge is -2.34. The number of carbonyl (C=O) groups is 2. The molecule has 2 N–H and O–H groups in total. The van der Waals surface area contributed by atoms with Crippen LogP contribution < -0.4 is 15.5 Å². The highest BCUT2D eigenvalue weighted by atomic mass is 16.2. The van der Waals surface area contributed by atoms with E-state index in [1.54, 1.807) is 18.5 Å². The summed E-state index contributed by atoms with van der Waals surface area (Å²) in [6.45, 7) is 4.13. The van der Waals surface area contributed by atoms with E-state index in [4.69, 9.17) is 0 Å². The Balaban J connectivity index is 1.36. The van der Waals surface area contributed by atoms with E-state index in [1.165, 1.54) is 5.69 Å². The van der Waals surface area contributed by atoms with Crippen molar-refractivity contribution >= 4 is 40.9 Å². The van der Waals surface area contributed by atoms with Crippen LogP contribution >= 0.6 is 0 Å². The number of hydrogen-bond acceptors (Lipinski definition) is 6. The van der Waals surface area contributed by atoms with E-state index in [0.717, 1.165) is 43.1 Å². The molecule has 5 rings (SSSR count). The summed E-state index contributed by atoms with van der Waals surface area (Å²) in [5.74, 6) is -0.811. The SMILES string of the molecule is CN1CCN(c2ccc(N/C=C3\C(=O)NC(=O)c4ccc(/C=C/c5ccccn5)cc43)cc2)CC1. The third-order valence-electron chi connectivity index (χ3n) is 6.30. The lowest BCUT2D eigenvalue weighted by Crippen LogP contribution is -2.44. The predicted molar refractivity (Wildman–Crippen MR) is 140 cm³/mol. The van der Waals surface area contributed by atoms with E-state index in [-0.39, 0.29) is 5.91 Å². The molecule has 1 fully saturated rings. The standard InChI is InChI=1S/C28H27N5O2/c1-32-14-16-33(17-15-32)23-10-8-22(9-11-23)30-19-26-25-18-20(5-7-21-4-2-3-13-29-21)6-12-24(25)27(34)31-28(26)35/h2-13,18-19,30H,14-17H2,1H3,(H,31,34,35)/b7-5+,26-19-. The number of carbonyl (C=O) groups excluding carboxylic acids is 2. The smallest absolute Gasteiger partial charge is 0.260 e. The van der Waals surface area contributed by atoms with Crippen LogP contribution in [-0.4, -0.2) is 54.9 Å². The maximum Gasteiger partial charge on any atom is 0.260 e. The molecule has 3 aromatic rings. The molecule has 0 atom stereocenters. The maximum atomic E-state index is 12.7. The number of imide groups is 1. The van der Waals surface area contributed by atoms with Crippen LogP contribution in [0.25, 0.3) is 17.7 Å². The first-order chi connectivity index (χ1) is 17.1. The number of piperazine rings is 1. The Bertz CT molecular complexity index is 1290.